The molecule has 32 heavy (non-hydrogen) atoms. The van der Waals surface area contributed by atoms with E-state index in [0.29, 0.717) is 11.6 Å². The quantitative estimate of drug-likeness (QED) is 0.712. The minimum absolute atomic E-state index is 0.0531. The average Bonchev–Trinajstić information content (AvgIpc) is 2.83. The number of ether oxygens (including phenoxy) is 1. The minimum atomic E-state index is -0.0531. The number of carbonyl (C=O) groups excluding carboxylic acids is 2. The maximum atomic E-state index is 12.1. The fourth-order valence-corrected chi connectivity index (χ4v) is 4.23. The van der Waals surface area contributed by atoms with Crippen molar-refractivity contribution in [3.8, 4) is 0 Å². The molecule has 2 aromatic rings. The van der Waals surface area contributed by atoms with Crippen molar-refractivity contribution in [1.29, 1.82) is 0 Å². The van der Waals surface area contributed by atoms with Crippen molar-refractivity contribution in [1.82, 2.24) is 5.32 Å². The zero-order valence-electron chi connectivity index (χ0n) is 19.4. The highest BCUT2D eigenvalue weighted by Crippen LogP contribution is 2.38. The Balaban J connectivity index is 0.000000913. The second-order valence-corrected chi connectivity index (χ2v) is 8.13. The highest BCUT2D eigenvalue weighted by Gasteiger charge is 2.29. The second kappa shape index (κ2) is 11.0. The monoisotopic (exact) mass is 438 g/mol. The molecular weight excluding hydrogens is 404 g/mol. The molecule has 7 nitrogen and oxygen atoms in total. The summed E-state index contributed by atoms with van der Waals surface area (Å²) in [5.41, 5.74) is 5.38. The molecule has 0 spiro atoms. The summed E-state index contributed by atoms with van der Waals surface area (Å²) in [6.45, 7) is 7.14. The third kappa shape index (κ3) is 5.40. The first-order valence-electron chi connectivity index (χ1n) is 11.2. The summed E-state index contributed by atoms with van der Waals surface area (Å²) in [7, 11) is 3.79. The molecule has 4 rings (SSSR count). The number of hydrogen-bond donors (Lipinski definition) is 2. The molecular formula is C25H34N4O3. The van der Waals surface area contributed by atoms with E-state index in [0.717, 1.165) is 44.7 Å². The Morgan fingerprint density at radius 3 is 2.41 bits per heavy atom. The van der Waals surface area contributed by atoms with Gasteiger partial charge in [-0.05, 0) is 68.3 Å². The van der Waals surface area contributed by atoms with Crippen molar-refractivity contribution in [2.45, 2.75) is 32.4 Å². The zero-order valence-corrected chi connectivity index (χ0v) is 19.4. The zero-order chi connectivity index (χ0) is 23.1. The number of rotatable bonds is 4. The van der Waals surface area contributed by atoms with E-state index in [4.69, 9.17) is 9.53 Å². The molecule has 0 aromatic heterocycles. The fourth-order valence-electron chi connectivity index (χ4n) is 4.23. The SMILES string of the molecule is CC=O.CNC(=O)c1ccc2c(c1)C(Nc1ccc(N3CCOCC3)cc1)CC(C)N2C. The van der Waals surface area contributed by atoms with Gasteiger partial charge in [-0.25, -0.2) is 0 Å². The van der Waals surface area contributed by atoms with Crippen LogP contribution in [0.25, 0.3) is 0 Å². The van der Waals surface area contributed by atoms with Gasteiger partial charge >= 0.3 is 0 Å². The number of nitrogens with zero attached hydrogens (tertiary/aromatic N) is 2. The summed E-state index contributed by atoms with van der Waals surface area (Å²) in [6.07, 6.45) is 1.73. The smallest absolute Gasteiger partial charge is 0.251 e. The molecule has 2 aliphatic rings. The van der Waals surface area contributed by atoms with Crippen molar-refractivity contribution < 1.29 is 14.3 Å². The van der Waals surface area contributed by atoms with Crippen LogP contribution in [0, 0.1) is 0 Å². The average molecular weight is 439 g/mol. The molecule has 2 atom stereocenters. The maximum absolute atomic E-state index is 12.1. The predicted octanol–water partition coefficient (Wildman–Crippen LogP) is 3.47. The van der Waals surface area contributed by atoms with Gasteiger partial charge in [0, 0.05) is 55.9 Å². The molecule has 0 saturated carbocycles. The molecule has 1 saturated heterocycles. The number of nitrogens with one attached hydrogen (secondary N) is 2. The second-order valence-electron chi connectivity index (χ2n) is 8.13. The fraction of sp³-hybridized carbons (Fsp3) is 0.440. The first-order chi connectivity index (χ1) is 15.5. The van der Waals surface area contributed by atoms with Crippen molar-refractivity contribution in [3.63, 3.8) is 0 Å². The molecule has 2 unspecified atom stereocenters. The van der Waals surface area contributed by atoms with Gasteiger partial charge in [0.25, 0.3) is 5.91 Å². The number of anilines is 3. The lowest BCUT2D eigenvalue weighted by Gasteiger charge is -2.39. The van der Waals surface area contributed by atoms with Gasteiger partial charge in [-0.1, -0.05) is 0 Å². The van der Waals surface area contributed by atoms with Crippen LogP contribution in [0.1, 0.15) is 42.2 Å². The lowest BCUT2D eigenvalue weighted by atomic mass is 9.90. The Hall–Kier alpha value is -3.06. The molecule has 2 aromatic carbocycles. The van der Waals surface area contributed by atoms with E-state index >= 15 is 0 Å². The van der Waals surface area contributed by atoms with E-state index in [-0.39, 0.29) is 11.9 Å². The highest BCUT2D eigenvalue weighted by atomic mass is 16.5. The van der Waals surface area contributed by atoms with E-state index < -0.39 is 0 Å². The summed E-state index contributed by atoms with van der Waals surface area (Å²) in [6, 6.07) is 15.2. The third-order valence-corrected chi connectivity index (χ3v) is 6.09. The van der Waals surface area contributed by atoms with Crippen LogP contribution in [0.2, 0.25) is 0 Å². The summed E-state index contributed by atoms with van der Waals surface area (Å²) in [4.78, 5) is 25.6. The standard InChI is InChI=1S/C23H30N4O2.C2H4O/c1-16-14-21(20-15-17(23(28)24-2)4-9-22(20)26(16)3)25-18-5-7-19(8-6-18)27-10-12-29-13-11-27;1-2-3/h4-9,15-16,21,25H,10-14H2,1-3H3,(H,24,28);2H,1H3. The van der Waals surface area contributed by atoms with Crippen molar-refractivity contribution >= 4 is 29.3 Å². The first kappa shape index (κ1) is 23.6. The van der Waals surface area contributed by atoms with Crippen LogP contribution in [0.4, 0.5) is 17.1 Å². The molecule has 0 bridgehead atoms. The van der Waals surface area contributed by atoms with Crippen LogP contribution in [0.5, 0.6) is 0 Å². The van der Waals surface area contributed by atoms with Crippen molar-refractivity contribution in [2.24, 2.45) is 0 Å². The predicted molar refractivity (Wildman–Crippen MR) is 130 cm³/mol. The van der Waals surface area contributed by atoms with Gasteiger partial charge in [0.05, 0.1) is 19.3 Å². The van der Waals surface area contributed by atoms with Crippen molar-refractivity contribution in [2.75, 3.05) is 55.5 Å². The molecule has 2 aliphatic heterocycles. The van der Waals surface area contributed by atoms with Crippen LogP contribution in [-0.4, -0.2) is 58.6 Å². The van der Waals surface area contributed by atoms with Gasteiger partial charge in [-0.2, -0.15) is 0 Å². The lowest BCUT2D eigenvalue weighted by molar-refractivity contribution is -0.106. The number of aldehydes is 1. The van der Waals surface area contributed by atoms with Gasteiger partial charge in [-0.3, -0.25) is 4.79 Å². The summed E-state index contributed by atoms with van der Waals surface area (Å²) in [5.74, 6) is -0.0531. The molecule has 2 N–H and O–H groups in total. The van der Waals surface area contributed by atoms with Gasteiger partial charge in [-0.15, -0.1) is 0 Å². The Morgan fingerprint density at radius 1 is 1.12 bits per heavy atom. The van der Waals surface area contributed by atoms with Crippen LogP contribution >= 0.6 is 0 Å². The molecule has 172 valence electrons. The topological polar surface area (TPSA) is 73.9 Å². The largest absolute Gasteiger partial charge is 0.378 e. The Morgan fingerprint density at radius 2 is 1.78 bits per heavy atom. The van der Waals surface area contributed by atoms with E-state index in [1.54, 1.807) is 7.05 Å². The Kier molecular flexibility index (Phi) is 8.11. The molecule has 1 amide bonds. The number of amides is 1. The van der Waals surface area contributed by atoms with Gasteiger partial charge in [0.15, 0.2) is 0 Å². The van der Waals surface area contributed by atoms with Crippen LogP contribution < -0.4 is 20.4 Å². The number of fused-ring (bicyclic) bond motifs is 1. The van der Waals surface area contributed by atoms with E-state index in [2.05, 4.69) is 64.7 Å². The summed E-state index contributed by atoms with van der Waals surface area (Å²) >= 11 is 0. The lowest BCUT2D eigenvalue weighted by Crippen LogP contribution is -2.37. The van der Waals surface area contributed by atoms with Crippen molar-refractivity contribution in [3.05, 3.63) is 53.6 Å². The van der Waals surface area contributed by atoms with E-state index in [1.807, 2.05) is 12.1 Å². The van der Waals surface area contributed by atoms with Crippen LogP contribution in [-0.2, 0) is 9.53 Å². The molecule has 0 aliphatic carbocycles. The number of morpholine rings is 1. The molecule has 1 fully saturated rings. The van der Waals surface area contributed by atoms with Gasteiger partial charge < -0.3 is 30.0 Å². The summed E-state index contributed by atoms with van der Waals surface area (Å²) < 4.78 is 5.45. The number of benzene rings is 2. The van der Waals surface area contributed by atoms with E-state index in [1.165, 1.54) is 23.9 Å². The first-order valence-corrected chi connectivity index (χ1v) is 11.2. The van der Waals surface area contributed by atoms with Gasteiger partial charge in [0.1, 0.15) is 6.29 Å². The summed E-state index contributed by atoms with van der Waals surface area (Å²) in [5, 5.41) is 6.42. The number of hydrogen-bond acceptors (Lipinski definition) is 6. The van der Waals surface area contributed by atoms with Gasteiger partial charge in [0.2, 0.25) is 0 Å². The minimum Gasteiger partial charge on any atom is -0.378 e. The van der Waals surface area contributed by atoms with Crippen LogP contribution in [0.3, 0.4) is 0 Å². The molecule has 2 heterocycles. The number of carbonyl (C=O) groups is 2. The Bertz CT molecular complexity index is 910. The highest BCUT2D eigenvalue weighted by molar-refractivity contribution is 5.94. The maximum Gasteiger partial charge on any atom is 0.251 e. The molecule has 7 heteroatoms. The Labute approximate surface area is 190 Å². The normalized spacial score (nSPS) is 19.9. The van der Waals surface area contributed by atoms with E-state index in [9.17, 15) is 4.79 Å². The van der Waals surface area contributed by atoms with Crippen LogP contribution in [0.15, 0.2) is 42.5 Å². The molecule has 0 radical (unpaired) electrons. The third-order valence-electron chi connectivity index (χ3n) is 6.09.